The second-order valence-electron chi connectivity index (χ2n) is 9.14. The zero-order chi connectivity index (χ0) is 29.8. The van der Waals surface area contributed by atoms with Crippen LogP contribution in [0.25, 0.3) is 0 Å². The Hall–Kier alpha value is -4.88. The van der Waals surface area contributed by atoms with Crippen LogP contribution < -0.4 is 10.6 Å². The van der Waals surface area contributed by atoms with E-state index in [1.807, 2.05) is 25.1 Å². The number of nitrogens with one attached hydrogen (secondary N) is 2. The highest BCUT2D eigenvalue weighted by atomic mass is 19.1. The van der Waals surface area contributed by atoms with Crippen LogP contribution in [0.5, 0.6) is 0 Å². The normalized spacial score (nSPS) is 12.0. The molecule has 3 rings (SSSR count). The van der Waals surface area contributed by atoms with Crippen molar-refractivity contribution in [3.63, 3.8) is 0 Å². The highest BCUT2D eigenvalue weighted by Gasteiger charge is 2.26. The molecule has 0 fully saturated rings. The molecule has 0 saturated heterocycles. The summed E-state index contributed by atoms with van der Waals surface area (Å²) in [5.74, 6) is -4.03. The summed E-state index contributed by atoms with van der Waals surface area (Å²) in [6.07, 6.45) is 1.51. The maximum absolute atomic E-state index is 14.2. The average Bonchev–Trinajstić information content (AvgIpc) is 2.95. The third-order valence-electron chi connectivity index (χ3n) is 5.84. The number of aryl methyl sites for hydroxylation is 1. The summed E-state index contributed by atoms with van der Waals surface area (Å²) in [5.41, 5.74) is 2.20. The predicted octanol–water partition coefficient (Wildman–Crippen LogP) is 4.18. The number of hydrogen-bond acceptors (Lipinski definition) is 6. The molecule has 2 atom stereocenters. The van der Waals surface area contributed by atoms with Crippen molar-refractivity contribution in [2.45, 2.75) is 32.0 Å². The van der Waals surface area contributed by atoms with E-state index in [9.17, 15) is 28.4 Å². The maximum atomic E-state index is 14.2. The minimum Gasteiger partial charge on any atom is -0.458 e. The molecule has 0 bridgehead atoms. The van der Waals surface area contributed by atoms with Gasteiger partial charge in [0.1, 0.15) is 30.3 Å². The summed E-state index contributed by atoms with van der Waals surface area (Å²) in [6, 6.07) is 16.0. The molecule has 0 aliphatic carbocycles. The Labute approximate surface area is 236 Å². The van der Waals surface area contributed by atoms with Crippen molar-refractivity contribution < 1.29 is 32.6 Å². The first-order chi connectivity index (χ1) is 19.7. The van der Waals surface area contributed by atoms with Gasteiger partial charge in [0.05, 0.1) is 30.4 Å². The molecule has 0 spiro atoms. The van der Waals surface area contributed by atoms with Gasteiger partial charge in [0.15, 0.2) is 0 Å². The van der Waals surface area contributed by atoms with Gasteiger partial charge in [-0.05, 0) is 42.3 Å². The van der Waals surface area contributed by atoms with E-state index in [-0.39, 0.29) is 26.2 Å². The zero-order valence-corrected chi connectivity index (χ0v) is 22.4. The van der Waals surface area contributed by atoms with Crippen molar-refractivity contribution in [2.24, 2.45) is 0 Å². The summed E-state index contributed by atoms with van der Waals surface area (Å²) < 4.78 is 38.1. The van der Waals surface area contributed by atoms with Crippen LogP contribution in [-0.4, -0.2) is 43.1 Å². The second kappa shape index (κ2) is 15.1. The van der Waals surface area contributed by atoms with E-state index in [4.69, 9.17) is 9.47 Å². The summed E-state index contributed by atoms with van der Waals surface area (Å²) in [5, 5.41) is 14.6. The van der Waals surface area contributed by atoms with E-state index in [0.29, 0.717) is 17.2 Å². The molecule has 0 aliphatic rings. The van der Waals surface area contributed by atoms with Gasteiger partial charge in [0.25, 0.3) is 5.91 Å². The van der Waals surface area contributed by atoms with E-state index >= 15 is 0 Å². The fraction of sp³-hybridized carbons (Fsp3) is 0.226. The lowest BCUT2D eigenvalue weighted by atomic mass is 10.0. The number of ether oxygens (including phenoxy) is 2. The Morgan fingerprint density at radius 3 is 2.49 bits per heavy atom. The number of carbonyl (C=O) groups is 3. The SMILES string of the molecule is C=CCOC(=O)c1cccc(COC[C@@H](C#N)NC(=O)[C@H](Cc2cccc(C)c2)NC(=O)c2ccc(F)cc2F)c1. The van der Waals surface area contributed by atoms with Gasteiger partial charge in [0, 0.05) is 12.5 Å². The fourth-order valence-electron chi connectivity index (χ4n) is 3.88. The molecule has 0 unspecified atom stereocenters. The first kappa shape index (κ1) is 30.7. The van der Waals surface area contributed by atoms with Gasteiger partial charge in [-0.15, -0.1) is 0 Å². The van der Waals surface area contributed by atoms with Crippen LogP contribution in [0.1, 0.15) is 37.4 Å². The average molecular weight is 562 g/mol. The molecule has 212 valence electrons. The summed E-state index contributed by atoms with van der Waals surface area (Å²) >= 11 is 0. The van der Waals surface area contributed by atoms with Crippen LogP contribution >= 0.6 is 0 Å². The summed E-state index contributed by atoms with van der Waals surface area (Å²) in [7, 11) is 0. The highest BCUT2D eigenvalue weighted by Crippen LogP contribution is 2.13. The zero-order valence-electron chi connectivity index (χ0n) is 22.4. The Kier molecular flexibility index (Phi) is 11.3. The second-order valence-corrected chi connectivity index (χ2v) is 9.14. The summed E-state index contributed by atoms with van der Waals surface area (Å²) in [6.45, 7) is 5.30. The molecule has 8 nitrogen and oxygen atoms in total. The lowest BCUT2D eigenvalue weighted by molar-refractivity contribution is -0.123. The van der Waals surface area contributed by atoms with Crippen LogP contribution in [-0.2, 0) is 27.3 Å². The topological polar surface area (TPSA) is 118 Å². The fourth-order valence-corrected chi connectivity index (χ4v) is 3.88. The molecular formula is C31H29F2N3O5. The van der Waals surface area contributed by atoms with E-state index in [1.54, 1.807) is 36.4 Å². The van der Waals surface area contributed by atoms with E-state index in [1.165, 1.54) is 6.08 Å². The molecule has 0 aliphatic heterocycles. The van der Waals surface area contributed by atoms with Gasteiger partial charge in [-0.3, -0.25) is 9.59 Å². The van der Waals surface area contributed by atoms with Crippen LogP contribution in [0, 0.1) is 29.9 Å². The molecule has 2 N–H and O–H groups in total. The molecule has 0 heterocycles. The van der Waals surface area contributed by atoms with E-state index in [2.05, 4.69) is 17.2 Å². The largest absolute Gasteiger partial charge is 0.458 e. The lowest BCUT2D eigenvalue weighted by Gasteiger charge is -2.21. The van der Waals surface area contributed by atoms with Gasteiger partial charge in [-0.1, -0.05) is 54.6 Å². The van der Waals surface area contributed by atoms with Crippen molar-refractivity contribution in [1.29, 1.82) is 5.26 Å². The van der Waals surface area contributed by atoms with Crippen molar-refractivity contribution >= 4 is 17.8 Å². The number of nitriles is 1. The molecule has 10 heteroatoms. The predicted molar refractivity (Wildman–Crippen MR) is 147 cm³/mol. The number of halogens is 2. The van der Waals surface area contributed by atoms with E-state index < -0.39 is 47.1 Å². The first-order valence-corrected chi connectivity index (χ1v) is 12.7. The number of carbonyl (C=O) groups excluding carboxylic acids is 3. The molecular weight excluding hydrogens is 532 g/mol. The lowest BCUT2D eigenvalue weighted by Crippen LogP contribution is -2.51. The monoisotopic (exact) mass is 561 g/mol. The number of rotatable bonds is 13. The van der Waals surface area contributed by atoms with Gasteiger partial charge in [-0.25, -0.2) is 13.6 Å². The molecule has 2 amide bonds. The molecule has 0 saturated carbocycles. The molecule has 0 aromatic heterocycles. The van der Waals surface area contributed by atoms with Crippen molar-refractivity contribution in [2.75, 3.05) is 13.2 Å². The minimum absolute atomic E-state index is 0.0456. The quantitative estimate of drug-likeness (QED) is 0.239. The summed E-state index contributed by atoms with van der Waals surface area (Å²) in [4.78, 5) is 38.0. The Balaban J connectivity index is 1.66. The van der Waals surface area contributed by atoms with Gasteiger partial charge in [-0.2, -0.15) is 5.26 Å². The van der Waals surface area contributed by atoms with Crippen molar-refractivity contribution in [1.82, 2.24) is 10.6 Å². The highest BCUT2D eigenvalue weighted by molar-refractivity contribution is 5.98. The number of hydrogen-bond donors (Lipinski definition) is 2. The minimum atomic E-state index is -1.18. The number of nitrogens with zero attached hydrogens (tertiary/aromatic N) is 1. The van der Waals surface area contributed by atoms with Crippen molar-refractivity contribution in [3.8, 4) is 6.07 Å². The number of esters is 1. The smallest absolute Gasteiger partial charge is 0.338 e. The van der Waals surface area contributed by atoms with Crippen LogP contribution in [0.3, 0.4) is 0 Å². The number of benzene rings is 3. The first-order valence-electron chi connectivity index (χ1n) is 12.7. The Morgan fingerprint density at radius 2 is 1.78 bits per heavy atom. The number of amides is 2. The maximum Gasteiger partial charge on any atom is 0.338 e. The Bertz CT molecular complexity index is 1450. The van der Waals surface area contributed by atoms with Gasteiger partial charge in [0.2, 0.25) is 5.91 Å². The van der Waals surface area contributed by atoms with Crippen molar-refractivity contribution in [3.05, 3.63) is 119 Å². The van der Waals surface area contributed by atoms with Gasteiger partial charge < -0.3 is 20.1 Å². The van der Waals surface area contributed by atoms with Crippen LogP contribution in [0.15, 0.2) is 79.4 Å². The molecule has 3 aromatic rings. The standard InChI is InChI=1S/C31H29F2N3O5/c1-3-12-41-31(39)23-9-5-8-22(14-23)18-40-19-25(17-34)35-30(38)28(15-21-7-4-6-20(2)13-21)36-29(37)26-11-10-24(32)16-27(26)33/h3-11,13-14,16,25,28H,1,12,15,18-19H2,2H3,(H,35,38)(H,36,37)/t25-,28+/m1/s1. The van der Waals surface area contributed by atoms with Crippen LogP contribution in [0.2, 0.25) is 0 Å². The molecule has 3 aromatic carbocycles. The third kappa shape index (κ3) is 9.37. The van der Waals surface area contributed by atoms with E-state index in [0.717, 1.165) is 23.3 Å². The van der Waals surface area contributed by atoms with Crippen LogP contribution in [0.4, 0.5) is 8.78 Å². The molecule has 41 heavy (non-hydrogen) atoms. The van der Waals surface area contributed by atoms with Gasteiger partial charge >= 0.3 is 5.97 Å². The molecule has 0 radical (unpaired) electrons. The Morgan fingerprint density at radius 1 is 1.02 bits per heavy atom. The third-order valence-corrected chi connectivity index (χ3v) is 5.84.